The van der Waals surface area contributed by atoms with E-state index in [1.165, 1.54) is 16.7 Å². The summed E-state index contributed by atoms with van der Waals surface area (Å²) in [5.41, 5.74) is 4.51. The normalized spacial score (nSPS) is 15.0. The van der Waals surface area contributed by atoms with E-state index in [-0.39, 0.29) is 11.8 Å². The maximum atomic E-state index is 13.2. The molecule has 2 heterocycles. The van der Waals surface area contributed by atoms with Crippen LogP contribution in [-0.2, 0) is 11.3 Å². The Hall–Kier alpha value is -2.92. The molecule has 0 atom stereocenters. The monoisotopic (exact) mass is 403 g/mol. The SMILES string of the molecule is Cc1noc(C)c1CN1CCN(C(=O)CC(c2ccccc2)c2ccccc2)CC1. The minimum absolute atomic E-state index is 0.0835. The zero-order valence-corrected chi connectivity index (χ0v) is 17.8. The topological polar surface area (TPSA) is 49.6 Å². The summed E-state index contributed by atoms with van der Waals surface area (Å²) >= 11 is 0. The fourth-order valence-electron chi connectivity index (χ4n) is 4.21. The van der Waals surface area contributed by atoms with Gasteiger partial charge in [-0.05, 0) is 25.0 Å². The van der Waals surface area contributed by atoms with Crippen LogP contribution < -0.4 is 0 Å². The Kier molecular flexibility index (Phi) is 6.29. The molecule has 30 heavy (non-hydrogen) atoms. The highest BCUT2D eigenvalue weighted by atomic mass is 16.5. The van der Waals surface area contributed by atoms with Gasteiger partial charge in [0.2, 0.25) is 5.91 Å². The fourth-order valence-corrected chi connectivity index (χ4v) is 4.21. The average molecular weight is 404 g/mol. The quantitative estimate of drug-likeness (QED) is 0.620. The Morgan fingerprint density at radius 1 is 0.933 bits per heavy atom. The van der Waals surface area contributed by atoms with Crippen molar-refractivity contribution in [2.24, 2.45) is 0 Å². The van der Waals surface area contributed by atoms with Gasteiger partial charge in [0.1, 0.15) is 5.76 Å². The molecule has 5 nitrogen and oxygen atoms in total. The van der Waals surface area contributed by atoms with E-state index in [1.54, 1.807) is 0 Å². The van der Waals surface area contributed by atoms with Crippen LogP contribution in [0.2, 0.25) is 0 Å². The van der Waals surface area contributed by atoms with E-state index in [2.05, 4.69) is 34.3 Å². The van der Waals surface area contributed by atoms with E-state index in [0.29, 0.717) is 6.42 Å². The third-order valence-corrected chi connectivity index (χ3v) is 6.07. The first-order chi connectivity index (χ1) is 14.6. The van der Waals surface area contributed by atoms with Gasteiger partial charge in [-0.1, -0.05) is 65.8 Å². The van der Waals surface area contributed by atoms with Gasteiger partial charge in [-0.2, -0.15) is 0 Å². The number of carbonyl (C=O) groups excluding carboxylic acids is 1. The van der Waals surface area contributed by atoms with Gasteiger partial charge < -0.3 is 9.42 Å². The van der Waals surface area contributed by atoms with Crippen molar-refractivity contribution < 1.29 is 9.32 Å². The summed E-state index contributed by atoms with van der Waals surface area (Å²) in [7, 11) is 0. The van der Waals surface area contributed by atoms with Gasteiger partial charge in [0.25, 0.3) is 0 Å². The molecule has 3 aromatic rings. The molecule has 4 rings (SSSR count). The second-order valence-corrected chi connectivity index (χ2v) is 8.04. The molecule has 0 radical (unpaired) electrons. The van der Waals surface area contributed by atoms with Gasteiger partial charge >= 0.3 is 0 Å². The van der Waals surface area contributed by atoms with Gasteiger partial charge in [-0.25, -0.2) is 0 Å². The Morgan fingerprint density at radius 3 is 2.00 bits per heavy atom. The van der Waals surface area contributed by atoms with E-state index in [0.717, 1.165) is 44.2 Å². The number of piperazine rings is 1. The standard InChI is InChI=1S/C25H29N3O2/c1-19-24(20(2)30-26-19)18-27-13-15-28(16-14-27)25(29)17-23(21-9-5-3-6-10-21)22-11-7-4-8-12-22/h3-12,23H,13-18H2,1-2H3. The molecule has 1 amide bonds. The van der Waals surface area contributed by atoms with Crippen LogP contribution in [0.1, 0.15) is 40.5 Å². The van der Waals surface area contributed by atoms with Crippen molar-refractivity contribution in [3.63, 3.8) is 0 Å². The molecule has 2 aromatic carbocycles. The van der Waals surface area contributed by atoms with Gasteiger partial charge in [0, 0.05) is 50.6 Å². The number of aromatic nitrogens is 1. The van der Waals surface area contributed by atoms with E-state index < -0.39 is 0 Å². The van der Waals surface area contributed by atoms with Crippen LogP contribution in [0.3, 0.4) is 0 Å². The summed E-state index contributed by atoms with van der Waals surface area (Å²) in [6.07, 6.45) is 0.498. The number of rotatable bonds is 6. The summed E-state index contributed by atoms with van der Waals surface area (Å²) in [6.45, 7) is 8.05. The molecular formula is C25H29N3O2. The predicted octanol–water partition coefficient (Wildman–Crippen LogP) is 4.16. The first-order valence-electron chi connectivity index (χ1n) is 10.6. The molecule has 0 bridgehead atoms. The highest BCUT2D eigenvalue weighted by Gasteiger charge is 2.26. The summed E-state index contributed by atoms with van der Waals surface area (Å²) in [5, 5.41) is 4.05. The molecule has 1 saturated heterocycles. The molecule has 1 aliphatic heterocycles. The molecular weight excluding hydrogens is 374 g/mol. The Balaban J connectivity index is 1.39. The summed E-state index contributed by atoms with van der Waals surface area (Å²) < 4.78 is 5.28. The van der Waals surface area contributed by atoms with Crippen molar-refractivity contribution in [3.8, 4) is 0 Å². The van der Waals surface area contributed by atoms with E-state index >= 15 is 0 Å². The predicted molar refractivity (Wildman–Crippen MR) is 117 cm³/mol. The largest absolute Gasteiger partial charge is 0.361 e. The van der Waals surface area contributed by atoms with E-state index in [1.807, 2.05) is 55.1 Å². The Bertz CT molecular complexity index is 902. The lowest BCUT2D eigenvalue weighted by Crippen LogP contribution is -2.48. The molecule has 0 saturated carbocycles. The van der Waals surface area contributed by atoms with Crippen LogP contribution in [0, 0.1) is 13.8 Å². The van der Waals surface area contributed by atoms with Crippen LogP contribution in [0.4, 0.5) is 0 Å². The molecule has 1 aromatic heterocycles. The van der Waals surface area contributed by atoms with E-state index in [4.69, 9.17) is 4.52 Å². The molecule has 156 valence electrons. The van der Waals surface area contributed by atoms with Crippen molar-refractivity contribution in [2.45, 2.75) is 32.7 Å². The van der Waals surface area contributed by atoms with Crippen molar-refractivity contribution in [1.82, 2.24) is 15.0 Å². The number of aryl methyl sites for hydroxylation is 2. The third-order valence-electron chi connectivity index (χ3n) is 6.07. The number of hydrogen-bond donors (Lipinski definition) is 0. The number of benzene rings is 2. The number of nitrogens with zero attached hydrogens (tertiary/aromatic N) is 3. The first kappa shape index (κ1) is 20.4. The lowest BCUT2D eigenvalue weighted by Gasteiger charge is -2.35. The molecule has 0 aliphatic carbocycles. The number of hydrogen-bond acceptors (Lipinski definition) is 4. The van der Waals surface area contributed by atoms with Gasteiger partial charge in [0.15, 0.2) is 0 Å². The summed E-state index contributed by atoms with van der Waals surface area (Å²) in [5.74, 6) is 1.20. The lowest BCUT2D eigenvalue weighted by molar-refractivity contribution is -0.133. The van der Waals surface area contributed by atoms with Gasteiger partial charge in [-0.15, -0.1) is 0 Å². The van der Waals surface area contributed by atoms with Crippen molar-refractivity contribution in [2.75, 3.05) is 26.2 Å². The second-order valence-electron chi connectivity index (χ2n) is 8.04. The van der Waals surface area contributed by atoms with Crippen molar-refractivity contribution in [3.05, 3.63) is 88.8 Å². The van der Waals surface area contributed by atoms with Crippen LogP contribution in [0.25, 0.3) is 0 Å². The van der Waals surface area contributed by atoms with Crippen molar-refractivity contribution >= 4 is 5.91 Å². The first-order valence-corrected chi connectivity index (χ1v) is 10.6. The van der Waals surface area contributed by atoms with Gasteiger partial charge in [0.05, 0.1) is 5.69 Å². The van der Waals surface area contributed by atoms with Crippen LogP contribution in [0.5, 0.6) is 0 Å². The molecule has 1 aliphatic rings. The highest BCUT2D eigenvalue weighted by molar-refractivity contribution is 5.78. The summed E-state index contributed by atoms with van der Waals surface area (Å²) in [6, 6.07) is 20.7. The zero-order chi connectivity index (χ0) is 20.9. The minimum atomic E-state index is 0.0835. The van der Waals surface area contributed by atoms with E-state index in [9.17, 15) is 4.79 Å². The molecule has 1 fully saturated rings. The highest BCUT2D eigenvalue weighted by Crippen LogP contribution is 2.29. The molecule has 0 N–H and O–H groups in total. The minimum Gasteiger partial charge on any atom is -0.361 e. The van der Waals surface area contributed by atoms with Crippen LogP contribution in [-0.4, -0.2) is 47.0 Å². The number of amides is 1. The third kappa shape index (κ3) is 4.62. The Labute approximate surface area is 178 Å². The van der Waals surface area contributed by atoms with Crippen LogP contribution in [0.15, 0.2) is 65.2 Å². The molecule has 0 spiro atoms. The molecule has 0 unspecified atom stereocenters. The molecule has 5 heteroatoms. The second kappa shape index (κ2) is 9.26. The maximum Gasteiger partial charge on any atom is 0.223 e. The Morgan fingerprint density at radius 2 is 1.50 bits per heavy atom. The van der Waals surface area contributed by atoms with Gasteiger partial charge in [-0.3, -0.25) is 9.69 Å². The average Bonchev–Trinajstić information content (AvgIpc) is 3.11. The fraction of sp³-hybridized carbons (Fsp3) is 0.360. The maximum absolute atomic E-state index is 13.2. The smallest absolute Gasteiger partial charge is 0.223 e. The lowest BCUT2D eigenvalue weighted by atomic mass is 9.88. The van der Waals surface area contributed by atoms with Crippen molar-refractivity contribution in [1.29, 1.82) is 0 Å². The zero-order valence-electron chi connectivity index (χ0n) is 17.8. The summed E-state index contributed by atoms with van der Waals surface area (Å²) in [4.78, 5) is 17.6. The van der Waals surface area contributed by atoms with Crippen LogP contribution >= 0.6 is 0 Å². The number of carbonyl (C=O) groups is 1.